The fourth-order valence-corrected chi connectivity index (χ4v) is 1.68. The molecule has 1 rings (SSSR count). The largest absolute Gasteiger partial charge is 0.347 e. The number of hydrogen-bond donors (Lipinski definition) is 1. The minimum absolute atomic E-state index is 0.0818. The SMILES string of the molecule is CC(=O)CCc1ccccc1C(=O)NC(C)(C)C. The zero-order valence-electron chi connectivity index (χ0n) is 11.5. The highest BCUT2D eigenvalue weighted by atomic mass is 16.1. The first-order chi connectivity index (χ1) is 8.29. The van der Waals surface area contributed by atoms with Crippen LogP contribution in [0.2, 0.25) is 0 Å². The van der Waals surface area contributed by atoms with Gasteiger partial charge in [0.1, 0.15) is 5.78 Å². The van der Waals surface area contributed by atoms with Crippen LogP contribution in [0, 0.1) is 0 Å². The second kappa shape index (κ2) is 5.80. The van der Waals surface area contributed by atoms with Crippen LogP contribution >= 0.6 is 0 Å². The van der Waals surface area contributed by atoms with E-state index in [0.717, 1.165) is 5.56 Å². The Kier molecular flexibility index (Phi) is 4.65. The van der Waals surface area contributed by atoms with Crippen molar-refractivity contribution in [2.75, 3.05) is 0 Å². The van der Waals surface area contributed by atoms with E-state index in [1.165, 1.54) is 0 Å². The maximum atomic E-state index is 12.1. The number of carbonyl (C=O) groups is 2. The molecule has 98 valence electrons. The quantitative estimate of drug-likeness (QED) is 0.889. The summed E-state index contributed by atoms with van der Waals surface area (Å²) < 4.78 is 0. The molecule has 0 aliphatic carbocycles. The standard InChI is InChI=1S/C15H21NO2/c1-11(17)9-10-12-7-5-6-8-13(12)14(18)16-15(2,3)4/h5-8H,9-10H2,1-4H3,(H,16,18). The molecule has 1 amide bonds. The van der Waals surface area contributed by atoms with Gasteiger partial charge in [0.05, 0.1) is 0 Å². The first-order valence-electron chi connectivity index (χ1n) is 6.19. The van der Waals surface area contributed by atoms with E-state index in [-0.39, 0.29) is 17.2 Å². The molecule has 3 nitrogen and oxygen atoms in total. The van der Waals surface area contributed by atoms with Gasteiger partial charge in [-0.2, -0.15) is 0 Å². The Labute approximate surface area is 109 Å². The van der Waals surface area contributed by atoms with E-state index in [1.807, 2.05) is 39.0 Å². The summed E-state index contributed by atoms with van der Waals surface area (Å²) >= 11 is 0. The molecule has 0 radical (unpaired) electrons. The highest BCUT2D eigenvalue weighted by Crippen LogP contribution is 2.13. The molecule has 1 N–H and O–H groups in total. The Hall–Kier alpha value is -1.64. The van der Waals surface area contributed by atoms with Crippen molar-refractivity contribution in [3.63, 3.8) is 0 Å². The van der Waals surface area contributed by atoms with Crippen molar-refractivity contribution in [2.45, 2.75) is 46.1 Å². The molecule has 0 aromatic heterocycles. The number of nitrogens with one attached hydrogen (secondary N) is 1. The fourth-order valence-electron chi connectivity index (χ4n) is 1.68. The molecule has 0 spiro atoms. The maximum absolute atomic E-state index is 12.1. The Morgan fingerprint density at radius 3 is 2.33 bits per heavy atom. The van der Waals surface area contributed by atoms with Gasteiger partial charge in [0.2, 0.25) is 0 Å². The zero-order valence-corrected chi connectivity index (χ0v) is 11.5. The van der Waals surface area contributed by atoms with E-state index in [9.17, 15) is 9.59 Å². The number of amides is 1. The van der Waals surface area contributed by atoms with Crippen molar-refractivity contribution < 1.29 is 9.59 Å². The number of hydrogen-bond acceptors (Lipinski definition) is 2. The maximum Gasteiger partial charge on any atom is 0.251 e. The molecule has 0 saturated carbocycles. The monoisotopic (exact) mass is 247 g/mol. The summed E-state index contributed by atoms with van der Waals surface area (Å²) in [7, 11) is 0. The van der Waals surface area contributed by atoms with Crippen LogP contribution in [0.3, 0.4) is 0 Å². The lowest BCUT2D eigenvalue weighted by Gasteiger charge is -2.21. The minimum Gasteiger partial charge on any atom is -0.347 e. The molecule has 0 atom stereocenters. The lowest BCUT2D eigenvalue weighted by Crippen LogP contribution is -2.40. The lowest BCUT2D eigenvalue weighted by atomic mass is 10.00. The summed E-state index contributed by atoms with van der Waals surface area (Å²) in [4.78, 5) is 23.2. The highest BCUT2D eigenvalue weighted by molar-refractivity contribution is 5.96. The molecule has 0 bridgehead atoms. The predicted octanol–water partition coefficient (Wildman–Crippen LogP) is 2.74. The molecule has 1 aromatic carbocycles. The van der Waals surface area contributed by atoms with Gasteiger partial charge in [-0.25, -0.2) is 0 Å². The Bertz CT molecular complexity index is 444. The first-order valence-corrected chi connectivity index (χ1v) is 6.19. The summed E-state index contributed by atoms with van der Waals surface area (Å²) in [5, 5.41) is 2.94. The lowest BCUT2D eigenvalue weighted by molar-refractivity contribution is -0.116. The number of benzene rings is 1. The molecule has 0 fully saturated rings. The first kappa shape index (κ1) is 14.4. The van der Waals surface area contributed by atoms with E-state index in [0.29, 0.717) is 18.4 Å². The second-order valence-corrected chi connectivity index (χ2v) is 5.56. The van der Waals surface area contributed by atoms with E-state index in [1.54, 1.807) is 13.0 Å². The zero-order chi connectivity index (χ0) is 13.8. The summed E-state index contributed by atoms with van der Waals surface area (Å²) in [6.45, 7) is 7.41. The summed E-state index contributed by atoms with van der Waals surface area (Å²) in [6, 6.07) is 7.44. The highest BCUT2D eigenvalue weighted by Gasteiger charge is 2.17. The number of aryl methyl sites for hydroxylation is 1. The predicted molar refractivity (Wildman–Crippen MR) is 72.7 cm³/mol. The molecule has 0 heterocycles. The van der Waals surface area contributed by atoms with Crippen LogP contribution in [-0.4, -0.2) is 17.2 Å². The molecule has 0 saturated heterocycles. The van der Waals surface area contributed by atoms with Crippen LogP contribution in [0.1, 0.15) is 50.0 Å². The van der Waals surface area contributed by atoms with Crippen molar-refractivity contribution >= 4 is 11.7 Å². The Balaban J connectivity index is 2.87. The molecular weight excluding hydrogens is 226 g/mol. The van der Waals surface area contributed by atoms with E-state index >= 15 is 0 Å². The van der Waals surface area contributed by atoms with Crippen molar-refractivity contribution in [2.24, 2.45) is 0 Å². The number of Topliss-reactive ketones (excluding diaryl/α,β-unsaturated/α-hetero) is 1. The summed E-state index contributed by atoms with van der Waals surface area (Å²) in [5.74, 6) is 0.0580. The van der Waals surface area contributed by atoms with Crippen LogP contribution < -0.4 is 5.32 Å². The van der Waals surface area contributed by atoms with Crippen molar-refractivity contribution in [3.8, 4) is 0 Å². The number of rotatable bonds is 4. The van der Waals surface area contributed by atoms with E-state index in [2.05, 4.69) is 5.32 Å². The summed E-state index contributed by atoms with van der Waals surface area (Å²) in [5.41, 5.74) is 1.33. The van der Waals surface area contributed by atoms with Crippen molar-refractivity contribution in [1.82, 2.24) is 5.32 Å². The molecule has 18 heavy (non-hydrogen) atoms. The molecular formula is C15H21NO2. The Morgan fingerprint density at radius 2 is 1.78 bits per heavy atom. The van der Waals surface area contributed by atoms with Crippen molar-refractivity contribution in [3.05, 3.63) is 35.4 Å². The molecule has 0 aliphatic rings. The van der Waals surface area contributed by atoms with Gasteiger partial charge >= 0.3 is 0 Å². The van der Waals surface area contributed by atoms with Gasteiger partial charge in [-0.15, -0.1) is 0 Å². The minimum atomic E-state index is -0.259. The van der Waals surface area contributed by atoms with E-state index in [4.69, 9.17) is 0 Å². The third kappa shape index (κ3) is 4.70. The van der Waals surface area contributed by atoms with Crippen LogP contribution in [0.5, 0.6) is 0 Å². The average Bonchev–Trinajstić information content (AvgIpc) is 2.24. The second-order valence-electron chi connectivity index (χ2n) is 5.56. The van der Waals surface area contributed by atoms with Gasteiger partial charge < -0.3 is 10.1 Å². The summed E-state index contributed by atoms with van der Waals surface area (Å²) in [6.07, 6.45) is 1.09. The molecule has 0 aliphatic heterocycles. The van der Waals surface area contributed by atoms with E-state index < -0.39 is 0 Å². The fraction of sp³-hybridized carbons (Fsp3) is 0.467. The van der Waals surface area contributed by atoms with Gasteiger partial charge in [0.25, 0.3) is 5.91 Å². The third-order valence-corrected chi connectivity index (χ3v) is 2.50. The van der Waals surface area contributed by atoms with Gasteiger partial charge in [-0.3, -0.25) is 4.79 Å². The van der Waals surface area contributed by atoms with Gasteiger partial charge in [-0.1, -0.05) is 18.2 Å². The Morgan fingerprint density at radius 1 is 1.17 bits per heavy atom. The van der Waals surface area contributed by atoms with Crippen LogP contribution in [0.15, 0.2) is 24.3 Å². The topological polar surface area (TPSA) is 46.2 Å². The molecule has 0 unspecified atom stereocenters. The number of carbonyl (C=O) groups excluding carboxylic acids is 2. The third-order valence-electron chi connectivity index (χ3n) is 2.50. The molecule has 3 heteroatoms. The van der Waals surface area contributed by atoms with Crippen LogP contribution in [-0.2, 0) is 11.2 Å². The van der Waals surface area contributed by atoms with Gasteiger partial charge in [0, 0.05) is 17.5 Å². The smallest absolute Gasteiger partial charge is 0.251 e. The number of ketones is 1. The van der Waals surface area contributed by atoms with Crippen molar-refractivity contribution in [1.29, 1.82) is 0 Å². The van der Waals surface area contributed by atoms with Gasteiger partial charge in [0.15, 0.2) is 0 Å². The molecule has 1 aromatic rings. The normalized spacial score (nSPS) is 11.1. The van der Waals surface area contributed by atoms with Crippen LogP contribution in [0.25, 0.3) is 0 Å². The average molecular weight is 247 g/mol. The van der Waals surface area contributed by atoms with Crippen LogP contribution in [0.4, 0.5) is 0 Å². The van der Waals surface area contributed by atoms with Gasteiger partial charge in [-0.05, 0) is 45.7 Å².